The summed E-state index contributed by atoms with van der Waals surface area (Å²) in [5.41, 5.74) is 2.76. The lowest BCUT2D eigenvalue weighted by Crippen LogP contribution is -2.31. The molecule has 0 spiro atoms. The molecule has 0 radical (unpaired) electrons. The van der Waals surface area contributed by atoms with Gasteiger partial charge in [0.15, 0.2) is 11.5 Å². The molecule has 2 amide bonds. The number of methoxy groups -OCH3 is 2. The second-order valence-electron chi connectivity index (χ2n) is 7.63. The lowest BCUT2D eigenvalue weighted by molar-refractivity contribution is -0.119. The molecule has 0 saturated heterocycles. The Morgan fingerprint density at radius 3 is 2.00 bits per heavy atom. The normalized spacial score (nSPS) is 14.3. The van der Waals surface area contributed by atoms with Gasteiger partial charge >= 0.3 is 0 Å². The molecule has 5 nitrogen and oxygen atoms in total. The molecule has 0 bridgehead atoms. The van der Waals surface area contributed by atoms with Crippen molar-refractivity contribution in [3.05, 3.63) is 58.5 Å². The molecule has 2 aromatic carbocycles. The summed E-state index contributed by atoms with van der Waals surface area (Å²) in [7, 11) is 3.10. The molecule has 0 atom stereocenters. The minimum Gasteiger partial charge on any atom is -0.493 e. The van der Waals surface area contributed by atoms with Crippen LogP contribution in [0.1, 0.15) is 44.7 Å². The van der Waals surface area contributed by atoms with Crippen molar-refractivity contribution >= 4 is 34.8 Å². The Morgan fingerprint density at radius 2 is 1.47 bits per heavy atom. The van der Waals surface area contributed by atoms with Crippen molar-refractivity contribution in [3.8, 4) is 11.5 Å². The number of carbonyl (C=O) groups excluding carboxylic acids is 2. The van der Waals surface area contributed by atoms with E-state index < -0.39 is 0 Å². The smallest absolute Gasteiger partial charge is 0.272 e. The molecule has 0 unspecified atom stereocenters. The van der Waals surface area contributed by atoms with Gasteiger partial charge in [0.2, 0.25) is 0 Å². The van der Waals surface area contributed by atoms with Crippen molar-refractivity contribution in [1.29, 1.82) is 0 Å². The second kappa shape index (κ2) is 8.96. The maximum absolute atomic E-state index is 13.4. The topological polar surface area (TPSA) is 55.8 Å². The summed E-state index contributed by atoms with van der Waals surface area (Å²) in [6.45, 7) is 8.22. The minimum absolute atomic E-state index is 0.148. The molecule has 3 rings (SSSR count). The van der Waals surface area contributed by atoms with Gasteiger partial charge in [0.05, 0.1) is 30.4 Å². The van der Waals surface area contributed by atoms with Crippen molar-refractivity contribution in [2.24, 2.45) is 0 Å². The Hall–Kier alpha value is -2.73. The number of thioether (sulfide) groups is 1. The van der Waals surface area contributed by atoms with Crippen LogP contribution in [-0.2, 0) is 9.59 Å². The molecule has 1 aliphatic rings. The molecule has 1 aliphatic heterocycles. The maximum Gasteiger partial charge on any atom is 0.272 e. The van der Waals surface area contributed by atoms with E-state index in [1.807, 2.05) is 38.1 Å². The molecule has 0 fully saturated rings. The number of anilines is 1. The van der Waals surface area contributed by atoms with Gasteiger partial charge < -0.3 is 9.47 Å². The first-order valence-corrected chi connectivity index (χ1v) is 10.8. The third-order valence-electron chi connectivity index (χ3n) is 4.89. The lowest BCUT2D eigenvalue weighted by Gasteiger charge is -2.17. The van der Waals surface area contributed by atoms with E-state index in [0.29, 0.717) is 39.1 Å². The summed E-state index contributed by atoms with van der Waals surface area (Å²) in [6.07, 6.45) is 0. The first kappa shape index (κ1) is 22.0. The van der Waals surface area contributed by atoms with Crippen LogP contribution in [0.15, 0.2) is 47.4 Å². The molecular formula is C24H27NO4S. The summed E-state index contributed by atoms with van der Waals surface area (Å²) >= 11 is 1.40. The van der Waals surface area contributed by atoms with Crippen LogP contribution in [0.2, 0.25) is 0 Å². The molecule has 0 N–H and O–H groups in total. The SMILES string of the molecule is COc1ccc(C2=C(SC(C)C)C(=O)N(c3ccc(C(C)C)cc3)C2=O)cc1OC. The molecule has 2 aromatic rings. The number of nitrogens with zero attached hydrogens (tertiary/aromatic N) is 1. The van der Waals surface area contributed by atoms with Gasteiger partial charge in [-0.1, -0.05) is 45.9 Å². The van der Waals surface area contributed by atoms with Crippen LogP contribution in [0.25, 0.3) is 5.57 Å². The zero-order valence-electron chi connectivity index (χ0n) is 18.2. The van der Waals surface area contributed by atoms with Gasteiger partial charge in [-0.15, -0.1) is 11.8 Å². The van der Waals surface area contributed by atoms with Crippen molar-refractivity contribution in [3.63, 3.8) is 0 Å². The number of hydrogen-bond donors (Lipinski definition) is 0. The minimum atomic E-state index is -0.326. The first-order chi connectivity index (χ1) is 14.3. The van der Waals surface area contributed by atoms with Crippen molar-refractivity contribution < 1.29 is 19.1 Å². The van der Waals surface area contributed by atoms with Gasteiger partial charge in [0, 0.05) is 5.25 Å². The molecular weight excluding hydrogens is 398 g/mol. The zero-order valence-corrected chi connectivity index (χ0v) is 19.0. The Kier molecular flexibility index (Phi) is 6.56. The fourth-order valence-corrected chi connectivity index (χ4v) is 4.33. The number of ether oxygens (including phenoxy) is 2. The molecule has 30 heavy (non-hydrogen) atoms. The van der Waals surface area contributed by atoms with Crippen molar-refractivity contribution in [1.82, 2.24) is 0 Å². The molecule has 0 saturated carbocycles. The highest BCUT2D eigenvalue weighted by Gasteiger charge is 2.40. The fraction of sp³-hybridized carbons (Fsp3) is 0.333. The summed E-state index contributed by atoms with van der Waals surface area (Å²) in [5, 5.41) is 0.148. The van der Waals surface area contributed by atoms with E-state index in [1.165, 1.54) is 16.7 Å². The van der Waals surface area contributed by atoms with E-state index in [2.05, 4.69) is 13.8 Å². The number of benzene rings is 2. The van der Waals surface area contributed by atoms with Crippen LogP contribution in [-0.4, -0.2) is 31.3 Å². The van der Waals surface area contributed by atoms with Gasteiger partial charge in [0.25, 0.3) is 11.8 Å². The van der Waals surface area contributed by atoms with Crippen LogP contribution in [0, 0.1) is 0 Å². The van der Waals surface area contributed by atoms with E-state index in [-0.39, 0.29) is 17.1 Å². The summed E-state index contributed by atoms with van der Waals surface area (Å²) in [5.74, 6) is 0.833. The Labute approximate surface area is 182 Å². The van der Waals surface area contributed by atoms with Crippen LogP contribution >= 0.6 is 11.8 Å². The summed E-state index contributed by atoms with van der Waals surface area (Å²) in [4.78, 5) is 28.5. The van der Waals surface area contributed by atoms with E-state index in [0.717, 1.165) is 5.56 Å². The number of carbonyl (C=O) groups is 2. The first-order valence-electron chi connectivity index (χ1n) is 9.90. The van der Waals surface area contributed by atoms with E-state index in [9.17, 15) is 9.59 Å². The predicted octanol–water partition coefficient (Wildman–Crippen LogP) is 5.25. The standard InChI is InChI=1S/C24H27NO4S/c1-14(2)16-7-10-18(11-8-16)25-23(26)21(22(24(25)27)30-15(3)4)17-9-12-19(28-5)20(13-17)29-6/h7-15H,1-6H3. The zero-order chi connectivity index (χ0) is 22.0. The highest BCUT2D eigenvalue weighted by Crippen LogP contribution is 2.42. The number of amides is 2. The van der Waals surface area contributed by atoms with Crippen LogP contribution in [0.5, 0.6) is 11.5 Å². The quantitative estimate of drug-likeness (QED) is 0.567. The van der Waals surface area contributed by atoms with Crippen LogP contribution < -0.4 is 14.4 Å². The summed E-state index contributed by atoms with van der Waals surface area (Å²) < 4.78 is 10.7. The second-order valence-corrected chi connectivity index (χ2v) is 9.22. The number of hydrogen-bond acceptors (Lipinski definition) is 5. The third-order valence-corrected chi connectivity index (χ3v) is 5.97. The number of rotatable bonds is 7. The van der Waals surface area contributed by atoms with Gasteiger partial charge in [-0.3, -0.25) is 9.59 Å². The Bertz CT molecular complexity index is 993. The van der Waals surface area contributed by atoms with Gasteiger partial charge in [-0.25, -0.2) is 4.90 Å². The van der Waals surface area contributed by atoms with E-state index in [4.69, 9.17) is 9.47 Å². The monoisotopic (exact) mass is 425 g/mol. The largest absolute Gasteiger partial charge is 0.493 e. The average Bonchev–Trinajstić information content (AvgIpc) is 2.96. The van der Waals surface area contributed by atoms with Crippen molar-refractivity contribution in [2.75, 3.05) is 19.1 Å². The van der Waals surface area contributed by atoms with Gasteiger partial charge in [-0.05, 0) is 41.3 Å². The van der Waals surface area contributed by atoms with Gasteiger partial charge in [0.1, 0.15) is 0 Å². The van der Waals surface area contributed by atoms with E-state index >= 15 is 0 Å². The van der Waals surface area contributed by atoms with Crippen LogP contribution in [0.3, 0.4) is 0 Å². The highest BCUT2D eigenvalue weighted by atomic mass is 32.2. The van der Waals surface area contributed by atoms with Crippen LogP contribution in [0.4, 0.5) is 5.69 Å². The summed E-state index contributed by atoms with van der Waals surface area (Å²) in [6, 6.07) is 12.9. The Balaban J connectivity index is 2.08. The molecule has 158 valence electrons. The molecule has 0 aromatic heterocycles. The molecule has 1 heterocycles. The number of imide groups is 1. The average molecular weight is 426 g/mol. The van der Waals surface area contributed by atoms with Crippen molar-refractivity contribution in [2.45, 2.75) is 38.9 Å². The fourth-order valence-electron chi connectivity index (χ4n) is 3.34. The predicted molar refractivity (Wildman–Crippen MR) is 122 cm³/mol. The molecule has 0 aliphatic carbocycles. The third kappa shape index (κ3) is 4.10. The van der Waals surface area contributed by atoms with Gasteiger partial charge in [-0.2, -0.15) is 0 Å². The maximum atomic E-state index is 13.4. The Morgan fingerprint density at radius 1 is 0.833 bits per heavy atom. The highest BCUT2D eigenvalue weighted by molar-refractivity contribution is 8.04. The lowest BCUT2D eigenvalue weighted by atomic mass is 10.0. The van der Waals surface area contributed by atoms with E-state index in [1.54, 1.807) is 32.4 Å². The molecule has 6 heteroatoms.